The van der Waals surface area contributed by atoms with Crippen molar-refractivity contribution < 1.29 is 23.7 Å². The quantitative estimate of drug-likeness (QED) is 0.359. The van der Waals surface area contributed by atoms with E-state index >= 15 is 0 Å². The average molecular weight is 486 g/mol. The maximum absolute atomic E-state index is 12.6. The van der Waals surface area contributed by atoms with E-state index in [4.69, 9.17) is 0 Å². The molecular weight excluding hydrogens is 470 g/mol. The highest BCUT2D eigenvalue weighted by atomic mass is 32.2. The number of carboxylic acids is 1. The van der Waals surface area contributed by atoms with Crippen molar-refractivity contribution >= 4 is 63.4 Å². The molecule has 158 valence electrons. The summed E-state index contributed by atoms with van der Waals surface area (Å²) in [6.45, 7) is 0. The van der Waals surface area contributed by atoms with Gasteiger partial charge in [0.25, 0.3) is 5.91 Å². The van der Waals surface area contributed by atoms with Crippen molar-refractivity contribution in [2.45, 2.75) is 21.3 Å². The topological polar surface area (TPSA) is 145 Å². The van der Waals surface area contributed by atoms with Gasteiger partial charge in [0.1, 0.15) is 27.9 Å². The van der Waals surface area contributed by atoms with Crippen LogP contribution < -0.4 is 5.32 Å². The lowest BCUT2D eigenvalue weighted by Crippen LogP contribution is -2.70. The van der Waals surface area contributed by atoms with Crippen LogP contribution in [0.25, 0.3) is 0 Å². The lowest BCUT2D eigenvalue weighted by molar-refractivity contribution is -0.150. The molecule has 4 rings (SSSR count). The lowest BCUT2D eigenvalue weighted by atomic mass is 10.0. The standard InChI is InChI=1S/C16H15N5O5S4/c22-10(7-30(26)9-1-2-27-6-9)18-12-14(23)21-13(16(24)25)8(5-29-15(12)21)4-28-11-3-17-20-19-11/h1-3,6,12,15H,4-5,7H2,(H,18,22)(H,24,25)(H,17,19,20)/t12?,15-,30?/m1/s1. The van der Waals surface area contributed by atoms with Crippen molar-refractivity contribution in [2.24, 2.45) is 0 Å². The molecule has 3 atom stereocenters. The number of carbonyl (C=O) groups excluding carboxylic acids is 2. The van der Waals surface area contributed by atoms with Gasteiger partial charge >= 0.3 is 5.97 Å². The zero-order chi connectivity index (χ0) is 21.3. The number of carboxylic acid groups (broad SMARTS) is 1. The summed E-state index contributed by atoms with van der Waals surface area (Å²) in [5.41, 5.74) is 0.556. The fraction of sp³-hybridized carbons (Fsp3) is 0.312. The number of hydrogen-bond donors (Lipinski definition) is 3. The van der Waals surface area contributed by atoms with Crippen LogP contribution in [0.2, 0.25) is 0 Å². The molecule has 4 heterocycles. The van der Waals surface area contributed by atoms with Crippen LogP contribution in [0, 0.1) is 0 Å². The van der Waals surface area contributed by atoms with E-state index in [1.165, 1.54) is 46.0 Å². The van der Waals surface area contributed by atoms with Crippen LogP contribution in [0.15, 0.2) is 44.2 Å². The summed E-state index contributed by atoms with van der Waals surface area (Å²) in [6, 6.07) is 0.852. The molecular formula is C16H15N5O5S4. The maximum atomic E-state index is 12.6. The normalized spacial score (nSPS) is 21.7. The second kappa shape index (κ2) is 8.91. The molecule has 2 unspecified atom stereocenters. The molecule has 0 saturated carbocycles. The summed E-state index contributed by atoms with van der Waals surface area (Å²) in [5, 5.41) is 26.0. The first-order valence-electron chi connectivity index (χ1n) is 8.54. The van der Waals surface area contributed by atoms with Crippen LogP contribution in [-0.4, -0.2) is 76.1 Å². The molecule has 2 amide bonds. The van der Waals surface area contributed by atoms with E-state index < -0.39 is 40.0 Å². The summed E-state index contributed by atoms with van der Waals surface area (Å²) < 4.78 is 12.2. The van der Waals surface area contributed by atoms with E-state index in [9.17, 15) is 23.7 Å². The van der Waals surface area contributed by atoms with Crippen molar-refractivity contribution in [3.63, 3.8) is 0 Å². The van der Waals surface area contributed by atoms with Gasteiger partial charge in [0, 0.05) is 21.8 Å². The second-order valence-electron chi connectivity index (χ2n) is 6.26. The van der Waals surface area contributed by atoms with E-state index in [2.05, 4.69) is 20.7 Å². The van der Waals surface area contributed by atoms with Gasteiger partial charge in [-0.2, -0.15) is 21.6 Å². The number of rotatable bonds is 8. The van der Waals surface area contributed by atoms with E-state index in [-0.39, 0.29) is 11.4 Å². The van der Waals surface area contributed by atoms with Gasteiger partial charge in [0.2, 0.25) is 5.91 Å². The third-order valence-electron chi connectivity index (χ3n) is 4.37. The first-order chi connectivity index (χ1) is 14.5. The number of β-lactam (4-membered cyclic amide) rings is 1. The van der Waals surface area contributed by atoms with Crippen LogP contribution in [0.1, 0.15) is 0 Å². The Labute approximate surface area is 185 Å². The number of aliphatic carboxylic acids is 1. The fourth-order valence-electron chi connectivity index (χ4n) is 3.02. The SMILES string of the molecule is O=C(CS(=O)c1ccsc1)NC1C(=O)N2C(C(=O)O)=C(CSc3cn[nH]n3)CS[C@H]12. The Kier molecular flexibility index (Phi) is 6.26. The molecule has 2 aliphatic rings. The van der Waals surface area contributed by atoms with Crippen molar-refractivity contribution in [1.29, 1.82) is 0 Å². The number of hydrogen-bond acceptors (Lipinski definition) is 9. The predicted octanol–water partition coefficient (Wildman–Crippen LogP) is 0.505. The van der Waals surface area contributed by atoms with Gasteiger partial charge in [-0.1, -0.05) is 11.8 Å². The first-order valence-corrected chi connectivity index (χ1v) is 12.8. The van der Waals surface area contributed by atoms with Crippen molar-refractivity contribution in [1.82, 2.24) is 25.6 Å². The zero-order valence-corrected chi connectivity index (χ0v) is 18.4. The van der Waals surface area contributed by atoms with E-state index in [0.717, 1.165) is 0 Å². The summed E-state index contributed by atoms with van der Waals surface area (Å²) in [6.07, 6.45) is 1.53. The van der Waals surface area contributed by atoms with Gasteiger partial charge in [-0.15, -0.1) is 16.9 Å². The highest BCUT2D eigenvalue weighted by Gasteiger charge is 2.54. The number of nitrogens with zero attached hydrogens (tertiary/aromatic N) is 3. The van der Waals surface area contributed by atoms with E-state index in [1.54, 1.807) is 16.8 Å². The molecule has 1 saturated heterocycles. The molecule has 14 heteroatoms. The molecule has 2 aromatic heterocycles. The lowest BCUT2D eigenvalue weighted by Gasteiger charge is -2.49. The van der Waals surface area contributed by atoms with Gasteiger partial charge in [-0.3, -0.25) is 18.7 Å². The number of nitrogens with one attached hydrogen (secondary N) is 2. The molecule has 0 bridgehead atoms. The van der Waals surface area contributed by atoms with Crippen molar-refractivity contribution in [3.8, 4) is 0 Å². The average Bonchev–Trinajstić information content (AvgIpc) is 3.43. The number of carbonyl (C=O) groups is 3. The number of amides is 2. The molecule has 2 aromatic rings. The van der Waals surface area contributed by atoms with Crippen LogP contribution in [0.5, 0.6) is 0 Å². The number of H-pyrrole nitrogens is 1. The molecule has 0 aliphatic carbocycles. The van der Waals surface area contributed by atoms with Gasteiger partial charge < -0.3 is 10.4 Å². The molecule has 30 heavy (non-hydrogen) atoms. The van der Waals surface area contributed by atoms with Gasteiger partial charge in [0.15, 0.2) is 0 Å². The Morgan fingerprint density at radius 2 is 2.30 bits per heavy atom. The van der Waals surface area contributed by atoms with Crippen molar-refractivity contribution in [3.05, 3.63) is 34.3 Å². The molecule has 0 aromatic carbocycles. The Balaban J connectivity index is 1.41. The second-order valence-corrected chi connectivity index (χ2v) is 10.6. The van der Waals surface area contributed by atoms with Crippen LogP contribution in [0.3, 0.4) is 0 Å². The molecule has 0 radical (unpaired) electrons. The minimum atomic E-state index is -1.49. The Bertz CT molecular complexity index is 1020. The van der Waals surface area contributed by atoms with Gasteiger partial charge in [-0.25, -0.2) is 4.79 Å². The number of thioether (sulfide) groups is 2. The van der Waals surface area contributed by atoms with Crippen molar-refractivity contribution in [2.75, 3.05) is 17.3 Å². The molecule has 10 nitrogen and oxygen atoms in total. The zero-order valence-electron chi connectivity index (χ0n) is 15.1. The Hall–Kier alpha value is -2.16. The monoisotopic (exact) mass is 485 g/mol. The fourth-order valence-corrected chi connectivity index (χ4v) is 7.19. The van der Waals surface area contributed by atoms with Gasteiger partial charge in [0.05, 0.1) is 17.0 Å². The largest absolute Gasteiger partial charge is 0.477 e. The minimum absolute atomic E-state index is 0.0490. The molecule has 1 fully saturated rings. The smallest absolute Gasteiger partial charge is 0.352 e. The number of fused-ring (bicyclic) bond motifs is 1. The summed E-state index contributed by atoms with van der Waals surface area (Å²) in [7, 11) is -1.49. The summed E-state index contributed by atoms with van der Waals surface area (Å²) >= 11 is 4.09. The molecule has 0 spiro atoms. The third kappa shape index (κ3) is 4.17. The van der Waals surface area contributed by atoms with Crippen LogP contribution in [0.4, 0.5) is 0 Å². The highest BCUT2D eigenvalue weighted by Crippen LogP contribution is 2.41. The van der Waals surface area contributed by atoms with Gasteiger partial charge in [-0.05, 0) is 17.0 Å². The Morgan fingerprint density at radius 1 is 1.47 bits per heavy atom. The summed E-state index contributed by atoms with van der Waals surface area (Å²) in [4.78, 5) is 38.5. The predicted molar refractivity (Wildman–Crippen MR) is 112 cm³/mol. The highest BCUT2D eigenvalue weighted by molar-refractivity contribution is 8.01. The summed E-state index contributed by atoms with van der Waals surface area (Å²) in [5.74, 6) is -1.66. The number of thiophene rings is 1. The molecule has 3 N–H and O–H groups in total. The molecule has 2 aliphatic heterocycles. The third-order valence-corrected chi connectivity index (χ3v) is 8.84. The van der Waals surface area contributed by atoms with E-state index in [1.807, 2.05) is 0 Å². The first kappa shape index (κ1) is 21.1. The number of aromatic nitrogens is 3. The maximum Gasteiger partial charge on any atom is 0.352 e. The van der Waals surface area contributed by atoms with Crippen LogP contribution in [-0.2, 0) is 25.2 Å². The van der Waals surface area contributed by atoms with Crippen LogP contribution >= 0.6 is 34.9 Å². The Morgan fingerprint density at radius 3 is 2.97 bits per heavy atom. The number of aromatic amines is 1. The minimum Gasteiger partial charge on any atom is -0.477 e. The van der Waals surface area contributed by atoms with E-state index in [0.29, 0.717) is 27.0 Å².